The van der Waals surface area contributed by atoms with Crippen molar-refractivity contribution in [1.82, 2.24) is 14.5 Å². The van der Waals surface area contributed by atoms with Gasteiger partial charge in [-0.1, -0.05) is 6.07 Å². The Labute approximate surface area is 211 Å². The maximum atomic E-state index is 12.7. The standard InChI is InChI=1S/C29H33N3O4/c1-20(22-11-14-27(34-4)28(18-22)35-5)31(2)16-7-17-36-23-12-9-21(10-13-23)26-19-25-24(8-6-15-30-25)29(33)32(26)3/h6,8-15,18-20H,7,16-17H2,1-5H3. The van der Waals surface area contributed by atoms with Crippen LogP contribution in [0.15, 0.2) is 71.7 Å². The first-order valence-corrected chi connectivity index (χ1v) is 12.0. The molecule has 0 bridgehead atoms. The van der Waals surface area contributed by atoms with Gasteiger partial charge < -0.3 is 18.8 Å². The third-order valence-corrected chi connectivity index (χ3v) is 6.63. The van der Waals surface area contributed by atoms with Crippen molar-refractivity contribution >= 4 is 10.9 Å². The van der Waals surface area contributed by atoms with Crippen LogP contribution in [0.5, 0.6) is 17.2 Å². The lowest BCUT2D eigenvalue weighted by Crippen LogP contribution is -2.24. The molecule has 0 amide bonds. The summed E-state index contributed by atoms with van der Waals surface area (Å²) in [6.45, 7) is 3.68. The van der Waals surface area contributed by atoms with E-state index in [4.69, 9.17) is 14.2 Å². The van der Waals surface area contributed by atoms with Crippen molar-refractivity contribution in [2.75, 3.05) is 34.4 Å². The van der Waals surface area contributed by atoms with Gasteiger partial charge in [-0.2, -0.15) is 0 Å². The second kappa shape index (κ2) is 11.3. The molecule has 0 fully saturated rings. The second-order valence-electron chi connectivity index (χ2n) is 8.83. The number of fused-ring (bicyclic) bond motifs is 1. The van der Waals surface area contributed by atoms with Gasteiger partial charge in [0.05, 0.1) is 37.4 Å². The highest BCUT2D eigenvalue weighted by atomic mass is 16.5. The predicted octanol–water partition coefficient (Wildman–Crippen LogP) is 5.08. The molecule has 4 rings (SSSR count). The van der Waals surface area contributed by atoms with Crippen LogP contribution in [0.1, 0.15) is 24.9 Å². The fourth-order valence-electron chi connectivity index (χ4n) is 4.29. The summed E-state index contributed by atoms with van der Waals surface area (Å²) in [6, 6.07) is 19.6. The SMILES string of the molecule is COc1ccc(C(C)N(C)CCCOc2ccc(-c3cc4ncccc4c(=O)n3C)cc2)cc1OC. The van der Waals surface area contributed by atoms with E-state index in [0.717, 1.165) is 41.5 Å². The van der Waals surface area contributed by atoms with E-state index in [0.29, 0.717) is 17.5 Å². The normalized spacial score (nSPS) is 12.1. The molecule has 7 nitrogen and oxygen atoms in total. The quantitative estimate of drug-likeness (QED) is 0.291. The second-order valence-corrected chi connectivity index (χ2v) is 8.83. The lowest BCUT2D eigenvalue weighted by atomic mass is 10.1. The van der Waals surface area contributed by atoms with Gasteiger partial charge in [0.2, 0.25) is 0 Å². The molecule has 0 aliphatic rings. The number of pyridine rings is 2. The summed E-state index contributed by atoms with van der Waals surface area (Å²) in [7, 11) is 7.19. The van der Waals surface area contributed by atoms with Gasteiger partial charge in [-0.15, -0.1) is 0 Å². The van der Waals surface area contributed by atoms with E-state index >= 15 is 0 Å². The summed E-state index contributed by atoms with van der Waals surface area (Å²) in [6.07, 6.45) is 2.59. The minimum atomic E-state index is -0.0534. The first-order valence-electron chi connectivity index (χ1n) is 12.0. The average Bonchev–Trinajstić information content (AvgIpc) is 2.92. The summed E-state index contributed by atoms with van der Waals surface area (Å²) in [4.78, 5) is 19.3. The Bertz CT molecular complexity index is 1380. The number of methoxy groups -OCH3 is 2. The number of nitrogens with zero attached hydrogens (tertiary/aromatic N) is 3. The number of hydrogen-bond donors (Lipinski definition) is 0. The van der Waals surface area contributed by atoms with E-state index < -0.39 is 0 Å². The Balaban J connectivity index is 1.33. The van der Waals surface area contributed by atoms with Crippen molar-refractivity contribution in [2.24, 2.45) is 7.05 Å². The zero-order chi connectivity index (χ0) is 25.7. The molecule has 0 radical (unpaired) electrons. The van der Waals surface area contributed by atoms with Gasteiger partial charge in [-0.25, -0.2) is 0 Å². The topological polar surface area (TPSA) is 65.8 Å². The lowest BCUT2D eigenvalue weighted by molar-refractivity contribution is 0.225. The zero-order valence-corrected chi connectivity index (χ0v) is 21.5. The van der Waals surface area contributed by atoms with Crippen LogP contribution in [0.3, 0.4) is 0 Å². The zero-order valence-electron chi connectivity index (χ0n) is 21.5. The number of rotatable bonds is 10. The third-order valence-electron chi connectivity index (χ3n) is 6.63. The Morgan fingerprint density at radius 1 is 1.00 bits per heavy atom. The molecule has 2 aromatic heterocycles. The van der Waals surface area contributed by atoms with Gasteiger partial charge in [0.25, 0.3) is 5.56 Å². The van der Waals surface area contributed by atoms with Gasteiger partial charge in [0.1, 0.15) is 5.75 Å². The van der Waals surface area contributed by atoms with E-state index in [2.05, 4.69) is 29.9 Å². The molecule has 2 aromatic carbocycles. The van der Waals surface area contributed by atoms with Crippen LogP contribution in [-0.4, -0.2) is 48.9 Å². The van der Waals surface area contributed by atoms with E-state index in [-0.39, 0.29) is 11.6 Å². The maximum Gasteiger partial charge on any atom is 0.260 e. The van der Waals surface area contributed by atoms with E-state index in [9.17, 15) is 4.79 Å². The summed E-state index contributed by atoms with van der Waals surface area (Å²) in [5.74, 6) is 2.27. The molecule has 1 unspecified atom stereocenters. The van der Waals surface area contributed by atoms with Crippen molar-refractivity contribution in [3.05, 3.63) is 82.8 Å². The molecular weight excluding hydrogens is 454 g/mol. The van der Waals surface area contributed by atoms with Crippen LogP contribution in [0.4, 0.5) is 0 Å². The van der Waals surface area contributed by atoms with Crippen LogP contribution >= 0.6 is 0 Å². The molecule has 0 saturated heterocycles. The van der Waals surface area contributed by atoms with Crippen LogP contribution in [0.2, 0.25) is 0 Å². The van der Waals surface area contributed by atoms with Crippen LogP contribution < -0.4 is 19.8 Å². The number of hydrogen-bond acceptors (Lipinski definition) is 6. The summed E-state index contributed by atoms with van der Waals surface area (Å²) < 4.78 is 18.4. The minimum Gasteiger partial charge on any atom is -0.494 e. The highest BCUT2D eigenvalue weighted by molar-refractivity contribution is 5.81. The Morgan fingerprint density at radius 2 is 1.75 bits per heavy atom. The number of ether oxygens (including phenoxy) is 3. The molecule has 1 atom stereocenters. The fourth-order valence-corrected chi connectivity index (χ4v) is 4.29. The predicted molar refractivity (Wildman–Crippen MR) is 143 cm³/mol. The third kappa shape index (κ3) is 5.36. The summed E-state index contributed by atoms with van der Waals surface area (Å²) in [5.41, 5.74) is 3.58. The number of aromatic nitrogens is 2. The monoisotopic (exact) mass is 487 g/mol. The molecule has 0 N–H and O–H groups in total. The van der Waals surface area contributed by atoms with E-state index in [1.54, 1.807) is 44.2 Å². The average molecular weight is 488 g/mol. The molecule has 0 saturated carbocycles. The number of benzene rings is 2. The van der Waals surface area contributed by atoms with Crippen LogP contribution in [-0.2, 0) is 7.05 Å². The van der Waals surface area contributed by atoms with Gasteiger partial charge in [0.15, 0.2) is 11.5 Å². The highest BCUT2D eigenvalue weighted by Crippen LogP contribution is 2.31. The molecule has 4 aromatic rings. The van der Waals surface area contributed by atoms with Crippen molar-refractivity contribution in [3.8, 4) is 28.5 Å². The Kier molecular flexibility index (Phi) is 7.90. The first kappa shape index (κ1) is 25.3. The fraction of sp³-hybridized carbons (Fsp3) is 0.310. The van der Waals surface area contributed by atoms with Crippen molar-refractivity contribution in [2.45, 2.75) is 19.4 Å². The first-order chi connectivity index (χ1) is 17.4. The molecule has 36 heavy (non-hydrogen) atoms. The minimum absolute atomic E-state index is 0.0534. The molecule has 2 heterocycles. The maximum absolute atomic E-state index is 12.7. The van der Waals surface area contributed by atoms with Crippen molar-refractivity contribution in [3.63, 3.8) is 0 Å². The van der Waals surface area contributed by atoms with Crippen molar-refractivity contribution < 1.29 is 14.2 Å². The van der Waals surface area contributed by atoms with Gasteiger partial charge in [-0.3, -0.25) is 14.7 Å². The van der Waals surface area contributed by atoms with Crippen LogP contribution in [0, 0.1) is 0 Å². The largest absolute Gasteiger partial charge is 0.494 e. The van der Waals surface area contributed by atoms with Crippen LogP contribution in [0.25, 0.3) is 22.2 Å². The van der Waals surface area contributed by atoms with Crippen molar-refractivity contribution in [1.29, 1.82) is 0 Å². The molecule has 7 heteroatoms. The molecule has 188 valence electrons. The van der Waals surface area contributed by atoms with E-state index in [1.807, 2.05) is 42.5 Å². The van der Waals surface area contributed by atoms with Gasteiger partial charge >= 0.3 is 0 Å². The summed E-state index contributed by atoms with van der Waals surface area (Å²) >= 11 is 0. The van der Waals surface area contributed by atoms with E-state index in [1.165, 1.54) is 5.56 Å². The lowest BCUT2D eigenvalue weighted by Gasteiger charge is -2.25. The molecule has 0 spiro atoms. The smallest absolute Gasteiger partial charge is 0.260 e. The Morgan fingerprint density at radius 3 is 2.47 bits per heavy atom. The summed E-state index contributed by atoms with van der Waals surface area (Å²) in [5, 5.41) is 0.620. The van der Waals surface area contributed by atoms with Gasteiger partial charge in [-0.05, 0) is 86.1 Å². The molecular formula is C29H33N3O4. The highest BCUT2D eigenvalue weighted by Gasteiger charge is 2.14. The molecule has 0 aliphatic heterocycles. The van der Waals surface area contributed by atoms with Gasteiger partial charge in [0, 0.05) is 25.8 Å². The Hall–Kier alpha value is -3.84. The molecule has 0 aliphatic carbocycles.